The molecule has 1 aromatic rings. The number of nitrogens with one attached hydrogen (secondary N) is 1. The summed E-state index contributed by atoms with van der Waals surface area (Å²) >= 11 is 7.29. The Labute approximate surface area is 168 Å². The fourth-order valence-electron chi connectivity index (χ4n) is 3.02. The number of hydrogen-bond donors (Lipinski definition) is 2. The van der Waals surface area contributed by atoms with Crippen molar-refractivity contribution in [3.8, 4) is 0 Å². The normalized spacial score (nSPS) is 21.1. The van der Waals surface area contributed by atoms with Crippen LogP contribution in [0.2, 0.25) is 5.02 Å². The Morgan fingerprint density at radius 2 is 2.18 bits per heavy atom. The smallest absolute Gasteiger partial charge is 0.352 e. The summed E-state index contributed by atoms with van der Waals surface area (Å²) in [6.45, 7) is 3.22. The minimum absolute atomic E-state index is 0.140. The lowest BCUT2D eigenvalue weighted by Gasteiger charge is -2.49. The van der Waals surface area contributed by atoms with Crippen molar-refractivity contribution >= 4 is 47.1 Å². The van der Waals surface area contributed by atoms with Crippen LogP contribution in [0, 0.1) is 0 Å². The summed E-state index contributed by atoms with van der Waals surface area (Å²) < 4.78 is 6.29. The number of aromatic nitrogens is 2. The lowest BCUT2D eigenvalue weighted by molar-refractivity contribution is -0.149. The third-order valence-electron chi connectivity index (χ3n) is 4.30. The standard InChI is InChI=1S/C16H17ClN4O6S/c1-3-20-12(9(17)4-18-20)13(23)19-10-14(24)21-11(16(25)26)8(5-27-7(2)22)6-28-15(10)21/h4,10,15H,3,5-6H2,1-2H3,(H,19,23)(H,25,26)/t10-,15-/m1/s1. The van der Waals surface area contributed by atoms with Gasteiger partial charge in [0.15, 0.2) is 0 Å². The first kappa shape index (κ1) is 20.2. The summed E-state index contributed by atoms with van der Waals surface area (Å²) in [7, 11) is 0. The number of rotatable bonds is 6. The van der Waals surface area contributed by atoms with E-state index in [1.165, 1.54) is 29.6 Å². The topological polar surface area (TPSA) is 131 Å². The third-order valence-corrected chi connectivity index (χ3v) is 5.91. The van der Waals surface area contributed by atoms with Crippen molar-refractivity contribution in [2.45, 2.75) is 31.8 Å². The molecule has 0 radical (unpaired) electrons. The zero-order valence-electron chi connectivity index (χ0n) is 15.0. The molecular formula is C16H17ClN4O6S. The van der Waals surface area contributed by atoms with E-state index in [4.69, 9.17) is 16.3 Å². The van der Waals surface area contributed by atoms with Gasteiger partial charge < -0.3 is 15.2 Å². The Hall–Kier alpha value is -2.53. The number of nitrogens with zero attached hydrogens (tertiary/aromatic N) is 3. The molecular weight excluding hydrogens is 412 g/mol. The van der Waals surface area contributed by atoms with E-state index < -0.39 is 35.2 Å². The van der Waals surface area contributed by atoms with Gasteiger partial charge in [-0.25, -0.2) is 4.79 Å². The van der Waals surface area contributed by atoms with Crippen LogP contribution in [0.3, 0.4) is 0 Å². The van der Waals surface area contributed by atoms with Crippen molar-refractivity contribution in [2.75, 3.05) is 12.4 Å². The van der Waals surface area contributed by atoms with Crippen LogP contribution < -0.4 is 5.32 Å². The van der Waals surface area contributed by atoms with E-state index in [9.17, 15) is 24.3 Å². The first-order chi connectivity index (χ1) is 13.3. The van der Waals surface area contributed by atoms with Gasteiger partial charge in [-0.15, -0.1) is 11.8 Å². The number of esters is 1. The number of halogens is 1. The molecule has 0 aliphatic carbocycles. The average Bonchev–Trinajstić information content (AvgIpc) is 3.03. The van der Waals surface area contributed by atoms with Gasteiger partial charge in [-0.2, -0.15) is 5.10 Å². The van der Waals surface area contributed by atoms with Gasteiger partial charge in [0.2, 0.25) is 0 Å². The quantitative estimate of drug-likeness (QED) is 0.494. The van der Waals surface area contributed by atoms with Crippen LogP contribution in [-0.2, 0) is 25.7 Å². The van der Waals surface area contributed by atoms with Gasteiger partial charge in [-0.1, -0.05) is 11.6 Å². The molecule has 1 aromatic heterocycles. The van der Waals surface area contributed by atoms with Gasteiger partial charge >= 0.3 is 11.9 Å². The number of aliphatic carboxylic acids is 1. The minimum atomic E-state index is -1.29. The van der Waals surface area contributed by atoms with E-state index in [1.807, 2.05) is 0 Å². The molecule has 1 fully saturated rings. The number of carbonyl (C=O) groups is 4. The second-order valence-corrected chi connectivity index (χ2v) is 7.57. The zero-order chi connectivity index (χ0) is 20.6. The van der Waals surface area contributed by atoms with Crippen LogP contribution in [0.25, 0.3) is 0 Å². The predicted octanol–water partition coefficient (Wildman–Crippen LogP) is 0.472. The number of ether oxygens (including phenoxy) is 1. The molecule has 10 nitrogen and oxygen atoms in total. The van der Waals surface area contributed by atoms with E-state index in [2.05, 4.69) is 10.4 Å². The highest BCUT2D eigenvalue weighted by atomic mass is 35.5. The van der Waals surface area contributed by atoms with E-state index in [-0.39, 0.29) is 28.8 Å². The molecule has 28 heavy (non-hydrogen) atoms. The summed E-state index contributed by atoms with van der Waals surface area (Å²) in [5.74, 6) is -2.70. The summed E-state index contributed by atoms with van der Waals surface area (Å²) in [6.07, 6.45) is 1.34. The Balaban J connectivity index is 1.78. The number of thioether (sulfide) groups is 1. The van der Waals surface area contributed by atoms with Crippen LogP contribution in [0.4, 0.5) is 0 Å². The molecule has 2 N–H and O–H groups in total. The Morgan fingerprint density at radius 1 is 1.46 bits per heavy atom. The van der Waals surface area contributed by atoms with Gasteiger partial charge in [0.25, 0.3) is 11.8 Å². The lowest BCUT2D eigenvalue weighted by Crippen LogP contribution is -2.70. The second kappa shape index (κ2) is 7.84. The van der Waals surface area contributed by atoms with Crippen molar-refractivity contribution in [1.29, 1.82) is 0 Å². The van der Waals surface area contributed by atoms with Crippen molar-refractivity contribution < 1.29 is 29.0 Å². The second-order valence-electron chi connectivity index (χ2n) is 6.06. The van der Waals surface area contributed by atoms with E-state index in [1.54, 1.807) is 6.92 Å². The first-order valence-electron chi connectivity index (χ1n) is 8.31. The number of β-lactam (4-membered cyclic amide) rings is 1. The molecule has 3 rings (SSSR count). The highest BCUT2D eigenvalue weighted by Gasteiger charge is 2.54. The van der Waals surface area contributed by atoms with Gasteiger partial charge in [0.05, 0.1) is 11.2 Å². The van der Waals surface area contributed by atoms with E-state index in [0.717, 1.165) is 4.90 Å². The molecule has 2 atom stereocenters. The first-order valence-corrected chi connectivity index (χ1v) is 9.74. The van der Waals surface area contributed by atoms with Crippen molar-refractivity contribution in [3.05, 3.63) is 28.2 Å². The maximum absolute atomic E-state index is 12.6. The molecule has 150 valence electrons. The van der Waals surface area contributed by atoms with Gasteiger partial charge in [0, 0.05) is 24.8 Å². The number of aryl methyl sites for hydroxylation is 1. The van der Waals surface area contributed by atoms with Crippen LogP contribution in [0.1, 0.15) is 24.3 Å². The molecule has 0 bridgehead atoms. The number of carbonyl (C=O) groups excluding carboxylic acids is 3. The third kappa shape index (κ3) is 3.47. The van der Waals surface area contributed by atoms with Gasteiger partial charge in [-0.05, 0) is 6.92 Å². The number of fused-ring (bicyclic) bond motifs is 1. The molecule has 0 aromatic carbocycles. The minimum Gasteiger partial charge on any atom is -0.477 e. The molecule has 3 heterocycles. The number of carboxylic acid groups (broad SMARTS) is 1. The Bertz CT molecular complexity index is 898. The van der Waals surface area contributed by atoms with Crippen LogP contribution in [0.15, 0.2) is 17.5 Å². The number of amides is 2. The highest BCUT2D eigenvalue weighted by molar-refractivity contribution is 8.00. The molecule has 2 aliphatic rings. The molecule has 0 saturated carbocycles. The summed E-state index contributed by atoms with van der Waals surface area (Å²) in [6, 6.07) is -0.890. The Kier molecular flexibility index (Phi) is 5.66. The number of carboxylic acids is 1. The van der Waals surface area contributed by atoms with E-state index >= 15 is 0 Å². The number of hydrogen-bond acceptors (Lipinski definition) is 7. The van der Waals surface area contributed by atoms with Crippen molar-refractivity contribution in [3.63, 3.8) is 0 Å². The monoisotopic (exact) mass is 428 g/mol. The average molecular weight is 429 g/mol. The van der Waals surface area contributed by atoms with Crippen LogP contribution in [-0.4, -0.2) is 67.3 Å². The van der Waals surface area contributed by atoms with Gasteiger partial charge in [-0.3, -0.25) is 24.0 Å². The fraction of sp³-hybridized carbons (Fsp3) is 0.438. The summed E-state index contributed by atoms with van der Waals surface area (Å²) in [5, 5.41) is 15.7. The molecule has 0 spiro atoms. The van der Waals surface area contributed by atoms with Crippen molar-refractivity contribution in [2.24, 2.45) is 0 Å². The fourth-order valence-corrected chi connectivity index (χ4v) is 4.57. The largest absolute Gasteiger partial charge is 0.477 e. The molecule has 0 unspecified atom stereocenters. The lowest BCUT2D eigenvalue weighted by atomic mass is 10.0. The van der Waals surface area contributed by atoms with E-state index in [0.29, 0.717) is 12.1 Å². The SMILES string of the molecule is CCn1ncc(Cl)c1C(=O)N[C@@H]1C(=O)N2C(C(=O)O)=C(COC(C)=O)CS[C@H]12. The van der Waals surface area contributed by atoms with Crippen molar-refractivity contribution in [1.82, 2.24) is 20.0 Å². The van der Waals surface area contributed by atoms with Crippen LogP contribution in [0.5, 0.6) is 0 Å². The maximum Gasteiger partial charge on any atom is 0.352 e. The maximum atomic E-state index is 12.6. The molecule has 2 amide bonds. The predicted molar refractivity (Wildman–Crippen MR) is 98.6 cm³/mol. The summed E-state index contributed by atoms with van der Waals surface area (Å²) in [4.78, 5) is 48.9. The van der Waals surface area contributed by atoms with Crippen LogP contribution >= 0.6 is 23.4 Å². The molecule has 12 heteroatoms. The van der Waals surface area contributed by atoms with Gasteiger partial charge in [0.1, 0.15) is 29.4 Å². The zero-order valence-corrected chi connectivity index (χ0v) is 16.5. The summed E-state index contributed by atoms with van der Waals surface area (Å²) in [5.41, 5.74) is 0.257. The molecule has 1 saturated heterocycles. The molecule has 2 aliphatic heterocycles. The highest BCUT2D eigenvalue weighted by Crippen LogP contribution is 2.40. The Morgan fingerprint density at radius 3 is 2.79 bits per heavy atom.